The van der Waals surface area contributed by atoms with E-state index in [-0.39, 0.29) is 0 Å². The quantitative estimate of drug-likeness (QED) is 0.653. The normalized spacial score (nSPS) is 10.9. The first-order valence-electron chi connectivity index (χ1n) is 4.96. The van der Waals surface area contributed by atoms with E-state index < -0.39 is 0 Å². The highest BCUT2D eigenvalue weighted by Gasteiger charge is 2.13. The lowest BCUT2D eigenvalue weighted by Crippen LogP contribution is -1.87. The fourth-order valence-corrected chi connectivity index (χ4v) is 1.91. The van der Waals surface area contributed by atoms with E-state index in [1.165, 1.54) is 0 Å². The number of aldehydes is 1. The summed E-state index contributed by atoms with van der Waals surface area (Å²) in [5, 5.41) is 0.570. The van der Waals surface area contributed by atoms with Gasteiger partial charge in [-0.1, -0.05) is 11.6 Å². The number of furan rings is 1. The molecule has 0 bridgehead atoms. The first-order valence-corrected chi connectivity index (χ1v) is 5.34. The molecule has 3 heterocycles. The number of fused-ring (bicyclic) bond motifs is 1. The van der Waals surface area contributed by atoms with Crippen molar-refractivity contribution in [2.45, 2.75) is 0 Å². The molecule has 3 rings (SSSR count). The number of carbonyl (C=O) groups is 1. The van der Waals surface area contributed by atoms with Crippen LogP contribution >= 0.6 is 11.6 Å². The van der Waals surface area contributed by atoms with Crippen molar-refractivity contribution >= 4 is 23.4 Å². The molecule has 0 saturated carbocycles. The zero-order valence-corrected chi connectivity index (χ0v) is 9.39. The van der Waals surface area contributed by atoms with E-state index in [1.807, 2.05) is 0 Å². The van der Waals surface area contributed by atoms with Crippen molar-refractivity contribution in [3.05, 3.63) is 47.4 Å². The first kappa shape index (κ1) is 10.1. The minimum Gasteiger partial charge on any atom is -0.461 e. The van der Waals surface area contributed by atoms with Crippen LogP contribution in [0.3, 0.4) is 0 Å². The fraction of sp³-hybridized carbons (Fsp3) is 0. The summed E-state index contributed by atoms with van der Waals surface area (Å²) in [5.74, 6) is 1.16. The molecule has 0 amide bonds. The predicted octanol–water partition coefficient (Wildman–Crippen LogP) is 3.06. The highest BCUT2D eigenvalue weighted by molar-refractivity contribution is 6.30. The summed E-state index contributed by atoms with van der Waals surface area (Å²) in [7, 11) is 0. The molecule has 0 fully saturated rings. The minimum atomic E-state index is 0.369. The van der Waals surface area contributed by atoms with Crippen molar-refractivity contribution in [1.29, 1.82) is 0 Å². The second-order valence-electron chi connectivity index (χ2n) is 3.52. The van der Waals surface area contributed by atoms with E-state index >= 15 is 0 Å². The lowest BCUT2D eigenvalue weighted by Gasteiger charge is -1.98. The number of pyridine rings is 1. The van der Waals surface area contributed by atoms with Crippen LogP contribution in [0, 0.1) is 0 Å². The van der Waals surface area contributed by atoms with Gasteiger partial charge in [0.25, 0.3) is 0 Å². The molecule has 0 unspecified atom stereocenters. The highest BCUT2D eigenvalue weighted by Crippen LogP contribution is 2.24. The number of hydrogen-bond donors (Lipinski definition) is 0. The molecule has 0 spiro atoms. The number of imidazole rings is 1. The van der Waals surface area contributed by atoms with Crippen molar-refractivity contribution in [3.63, 3.8) is 0 Å². The van der Waals surface area contributed by atoms with Crippen LogP contribution in [0.15, 0.2) is 41.1 Å². The van der Waals surface area contributed by atoms with Gasteiger partial charge in [0.15, 0.2) is 17.9 Å². The number of rotatable bonds is 2. The molecule has 0 aliphatic carbocycles. The summed E-state index contributed by atoms with van der Waals surface area (Å²) >= 11 is 5.94. The van der Waals surface area contributed by atoms with Crippen LogP contribution < -0.4 is 0 Å². The third-order valence-corrected chi connectivity index (χ3v) is 2.71. The van der Waals surface area contributed by atoms with Gasteiger partial charge in [-0.15, -0.1) is 0 Å². The van der Waals surface area contributed by atoms with Gasteiger partial charge in [0.05, 0.1) is 16.8 Å². The number of aromatic nitrogens is 2. The van der Waals surface area contributed by atoms with Gasteiger partial charge in [0.1, 0.15) is 5.69 Å². The van der Waals surface area contributed by atoms with Crippen molar-refractivity contribution in [2.75, 3.05) is 0 Å². The Hall–Kier alpha value is -2.07. The van der Waals surface area contributed by atoms with Crippen LogP contribution in [0.2, 0.25) is 5.02 Å². The monoisotopic (exact) mass is 246 g/mol. The molecule has 0 radical (unpaired) electrons. The van der Waals surface area contributed by atoms with E-state index in [4.69, 9.17) is 16.0 Å². The van der Waals surface area contributed by atoms with Gasteiger partial charge in [-0.25, -0.2) is 4.98 Å². The van der Waals surface area contributed by atoms with Crippen molar-refractivity contribution < 1.29 is 9.21 Å². The van der Waals surface area contributed by atoms with Gasteiger partial charge >= 0.3 is 0 Å². The third kappa shape index (κ3) is 1.54. The molecule has 0 aromatic carbocycles. The topological polar surface area (TPSA) is 47.5 Å². The van der Waals surface area contributed by atoms with Crippen LogP contribution in [0.4, 0.5) is 0 Å². The Balaban J connectivity index is 2.38. The maximum absolute atomic E-state index is 10.9. The average molecular weight is 247 g/mol. The molecular weight excluding hydrogens is 240 g/mol. The molecule has 0 aliphatic rings. The minimum absolute atomic E-state index is 0.369. The Morgan fingerprint density at radius 2 is 2.24 bits per heavy atom. The zero-order valence-electron chi connectivity index (χ0n) is 8.63. The molecule has 0 atom stereocenters. The Morgan fingerprint density at radius 3 is 2.94 bits per heavy atom. The summed E-state index contributed by atoms with van der Waals surface area (Å²) in [4.78, 5) is 15.2. The van der Waals surface area contributed by atoms with Gasteiger partial charge in [-0.2, -0.15) is 0 Å². The Labute approximate surface area is 101 Å². The fourth-order valence-electron chi connectivity index (χ4n) is 1.75. The smallest absolute Gasteiger partial charge is 0.181 e. The second kappa shape index (κ2) is 3.75. The number of nitrogens with zero attached hydrogens (tertiary/aromatic N) is 2. The van der Waals surface area contributed by atoms with Crippen LogP contribution in [0.5, 0.6) is 0 Å². The molecule has 0 N–H and O–H groups in total. The van der Waals surface area contributed by atoms with Crippen molar-refractivity contribution in [2.24, 2.45) is 0 Å². The predicted molar refractivity (Wildman–Crippen MR) is 63.3 cm³/mol. The van der Waals surface area contributed by atoms with Crippen LogP contribution in [-0.4, -0.2) is 15.7 Å². The van der Waals surface area contributed by atoms with E-state index in [2.05, 4.69) is 4.98 Å². The van der Waals surface area contributed by atoms with Gasteiger partial charge in [-0.3, -0.25) is 9.20 Å². The van der Waals surface area contributed by atoms with Gasteiger partial charge in [0, 0.05) is 6.20 Å². The summed E-state index contributed by atoms with van der Waals surface area (Å²) in [6.45, 7) is 0. The van der Waals surface area contributed by atoms with E-state index in [9.17, 15) is 4.79 Å². The van der Waals surface area contributed by atoms with Crippen molar-refractivity contribution in [3.8, 4) is 11.6 Å². The highest BCUT2D eigenvalue weighted by atomic mass is 35.5. The summed E-state index contributed by atoms with van der Waals surface area (Å²) in [6, 6.07) is 7.02. The van der Waals surface area contributed by atoms with E-state index in [1.54, 1.807) is 41.1 Å². The lowest BCUT2D eigenvalue weighted by molar-refractivity contribution is 0.112. The van der Waals surface area contributed by atoms with Gasteiger partial charge in [0.2, 0.25) is 0 Å². The number of halogens is 1. The largest absolute Gasteiger partial charge is 0.461 e. The first-order chi connectivity index (χ1) is 8.29. The van der Waals surface area contributed by atoms with Crippen LogP contribution in [0.1, 0.15) is 10.5 Å². The molecule has 4 nitrogen and oxygen atoms in total. The molecule has 17 heavy (non-hydrogen) atoms. The number of hydrogen-bond acceptors (Lipinski definition) is 3. The van der Waals surface area contributed by atoms with E-state index in [0.29, 0.717) is 27.8 Å². The molecule has 0 aliphatic heterocycles. The third-order valence-electron chi connectivity index (χ3n) is 2.48. The average Bonchev–Trinajstić information content (AvgIpc) is 2.94. The lowest BCUT2D eigenvalue weighted by atomic mass is 10.3. The number of carbonyl (C=O) groups excluding carboxylic acids is 1. The Bertz CT molecular complexity index is 686. The Kier molecular flexibility index (Phi) is 2.23. The summed E-state index contributed by atoms with van der Waals surface area (Å²) in [5.41, 5.74) is 1.07. The Morgan fingerprint density at radius 1 is 1.35 bits per heavy atom. The molecule has 3 aromatic heterocycles. The van der Waals surface area contributed by atoms with E-state index in [0.717, 1.165) is 6.29 Å². The molecular formula is C12H7ClN2O2. The molecule has 84 valence electrons. The van der Waals surface area contributed by atoms with Gasteiger partial charge < -0.3 is 4.42 Å². The zero-order chi connectivity index (χ0) is 11.8. The van der Waals surface area contributed by atoms with Crippen LogP contribution in [-0.2, 0) is 0 Å². The second-order valence-corrected chi connectivity index (χ2v) is 3.95. The standard InChI is InChI=1S/C12H7ClN2O2/c13-8-3-4-10-9(7-16)14-12(15(10)6-8)11-2-1-5-17-11/h1-7H. The molecule has 0 saturated heterocycles. The molecule has 3 aromatic rings. The maximum Gasteiger partial charge on any atom is 0.181 e. The van der Waals surface area contributed by atoms with Gasteiger partial charge in [-0.05, 0) is 24.3 Å². The molecule has 5 heteroatoms. The SMILES string of the molecule is O=Cc1nc(-c2ccco2)n2cc(Cl)ccc12. The van der Waals surface area contributed by atoms with Crippen molar-refractivity contribution in [1.82, 2.24) is 9.38 Å². The summed E-state index contributed by atoms with van der Waals surface area (Å²) in [6.07, 6.45) is 3.98. The summed E-state index contributed by atoms with van der Waals surface area (Å²) < 4.78 is 7.02. The maximum atomic E-state index is 10.9. The van der Waals surface area contributed by atoms with Crippen LogP contribution in [0.25, 0.3) is 17.1 Å².